The molecule has 0 rings (SSSR count). The maximum absolute atomic E-state index is 13.1. The van der Waals surface area contributed by atoms with E-state index in [0.29, 0.717) is 6.42 Å². The van der Waals surface area contributed by atoms with Crippen molar-refractivity contribution in [3.05, 3.63) is 24.3 Å². The van der Waals surface area contributed by atoms with Gasteiger partial charge in [-0.2, -0.15) is 0 Å². The van der Waals surface area contributed by atoms with Crippen LogP contribution < -0.4 is 0 Å². The third-order valence-corrected chi connectivity index (χ3v) is 1.95. The first kappa shape index (κ1) is 13.9. The Kier molecular flexibility index (Phi) is 8.73. The lowest BCUT2D eigenvalue weighted by Gasteiger charge is -2.00. The number of rotatable bonds is 7. The van der Waals surface area contributed by atoms with Crippen LogP contribution in [0.15, 0.2) is 24.3 Å². The van der Waals surface area contributed by atoms with Gasteiger partial charge in [0.1, 0.15) is 6.17 Å². The predicted octanol–water partition coefficient (Wildman–Crippen LogP) is 3.19. The van der Waals surface area contributed by atoms with E-state index in [0.717, 1.165) is 19.3 Å². The standard InChI is InChI=1S/C12H19FO2/c1-3-4-5-8-11(13)9-6-7-10-12(14)15-2/h6-7,9-11H,3-5,8H2,1-2H3/b9-6+,10-7-. The highest BCUT2D eigenvalue weighted by molar-refractivity contribution is 5.82. The SMILES string of the molecule is CCCCCC(F)/C=C/C=C\C(=O)OC. The van der Waals surface area contributed by atoms with Gasteiger partial charge < -0.3 is 4.74 Å². The summed E-state index contributed by atoms with van der Waals surface area (Å²) < 4.78 is 17.5. The van der Waals surface area contributed by atoms with Crippen LogP contribution in [0.3, 0.4) is 0 Å². The fourth-order valence-corrected chi connectivity index (χ4v) is 1.07. The maximum atomic E-state index is 13.1. The van der Waals surface area contributed by atoms with Gasteiger partial charge in [0.15, 0.2) is 0 Å². The second kappa shape index (κ2) is 9.44. The molecule has 0 aliphatic carbocycles. The van der Waals surface area contributed by atoms with Crippen LogP contribution in [-0.2, 0) is 9.53 Å². The molecule has 86 valence electrons. The molecule has 1 unspecified atom stereocenters. The first-order chi connectivity index (χ1) is 7.20. The monoisotopic (exact) mass is 214 g/mol. The van der Waals surface area contributed by atoms with Crippen molar-refractivity contribution in [3.63, 3.8) is 0 Å². The number of hydrogen-bond donors (Lipinski definition) is 0. The molecule has 0 aliphatic heterocycles. The molecule has 0 fully saturated rings. The summed E-state index contributed by atoms with van der Waals surface area (Å²) in [7, 11) is 1.30. The second-order valence-corrected chi connectivity index (χ2v) is 3.28. The normalized spacial score (nSPS) is 13.5. The number of unbranched alkanes of at least 4 members (excludes halogenated alkanes) is 2. The highest BCUT2D eigenvalue weighted by atomic mass is 19.1. The topological polar surface area (TPSA) is 26.3 Å². The molecule has 0 saturated carbocycles. The molecule has 0 aromatic carbocycles. The zero-order chi connectivity index (χ0) is 11.5. The van der Waals surface area contributed by atoms with Crippen LogP contribution in [0.1, 0.15) is 32.6 Å². The van der Waals surface area contributed by atoms with E-state index in [1.54, 1.807) is 0 Å². The van der Waals surface area contributed by atoms with Crippen molar-refractivity contribution in [2.45, 2.75) is 38.8 Å². The molecule has 0 N–H and O–H groups in total. The molecule has 2 nitrogen and oxygen atoms in total. The van der Waals surface area contributed by atoms with Gasteiger partial charge in [-0.15, -0.1) is 0 Å². The number of carbonyl (C=O) groups excluding carboxylic acids is 1. The van der Waals surface area contributed by atoms with E-state index in [9.17, 15) is 9.18 Å². The van der Waals surface area contributed by atoms with Gasteiger partial charge in [0.05, 0.1) is 7.11 Å². The van der Waals surface area contributed by atoms with Crippen LogP contribution >= 0.6 is 0 Å². The highest BCUT2D eigenvalue weighted by Gasteiger charge is 1.99. The quantitative estimate of drug-likeness (QED) is 0.281. The fourth-order valence-electron chi connectivity index (χ4n) is 1.07. The van der Waals surface area contributed by atoms with Crippen molar-refractivity contribution in [2.75, 3.05) is 7.11 Å². The lowest BCUT2D eigenvalue weighted by atomic mass is 10.1. The molecule has 0 amide bonds. The summed E-state index contributed by atoms with van der Waals surface area (Å²) in [5.74, 6) is -0.430. The summed E-state index contributed by atoms with van der Waals surface area (Å²) in [6, 6.07) is 0. The van der Waals surface area contributed by atoms with Crippen LogP contribution in [0.2, 0.25) is 0 Å². The van der Waals surface area contributed by atoms with Crippen molar-refractivity contribution in [3.8, 4) is 0 Å². The first-order valence-corrected chi connectivity index (χ1v) is 5.27. The van der Waals surface area contributed by atoms with E-state index in [4.69, 9.17) is 0 Å². The molecule has 0 aromatic rings. The number of alkyl halides is 1. The van der Waals surface area contributed by atoms with E-state index >= 15 is 0 Å². The van der Waals surface area contributed by atoms with Gasteiger partial charge in [0.25, 0.3) is 0 Å². The number of esters is 1. The van der Waals surface area contributed by atoms with Crippen molar-refractivity contribution in [1.29, 1.82) is 0 Å². The molecule has 0 heterocycles. The molecule has 1 atom stereocenters. The summed E-state index contributed by atoms with van der Waals surface area (Å²) in [4.78, 5) is 10.6. The lowest BCUT2D eigenvalue weighted by molar-refractivity contribution is -0.134. The van der Waals surface area contributed by atoms with E-state index in [-0.39, 0.29) is 0 Å². The average Bonchev–Trinajstić information content (AvgIpc) is 2.24. The molecule has 0 spiro atoms. The van der Waals surface area contributed by atoms with Crippen molar-refractivity contribution < 1.29 is 13.9 Å². The number of ether oxygens (including phenoxy) is 1. The van der Waals surface area contributed by atoms with Gasteiger partial charge in [0.2, 0.25) is 0 Å². The molecule has 3 heteroatoms. The minimum atomic E-state index is -0.918. The summed E-state index contributed by atoms with van der Waals surface area (Å²) in [5.41, 5.74) is 0. The van der Waals surface area contributed by atoms with Gasteiger partial charge in [-0.05, 0) is 6.42 Å². The Hall–Kier alpha value is -1.12. The summed E-state index contributed by atoms with van der Waals surface area (Å²) in [6.45, 7) is 2.09. The molecular weight excluding hydrogens is 195 g/mol. The Morgan fingerprint density at radius 2 is 2.13 bits per heavy atom. The fraction of sp³-hybridized carbons (Fsp3) is 0.583. The number of carbonyl (C=O) groups is 1. The smallest absolute Gasteiger partial charge is 0.330 e. The van der Waals surface area contributed by atoms with E-state index in [1.807, 2.05) is 0 Å². The van der Waals surface area contributed by atoms with Gasteiger partial charge in [-0.1, -0.05) is 44.4 Å². The number of methoxy groups -OCH3 is 1. The Balaban J connectivity index is 3.66. The van der Waals surface area contributed by atoms with Gasteiger partial charge in [0, 0.05) is 6.08 Å². The zero-order valence-electron chi connectivity index (χ0n) is 9.41. The first-order valence-electron chi connectivity index (χ1n) is 5.27. The number of allylic oxidation sites excluding steroid dienone is 3. The Morgan fingerprint density at radius 1 is 1.40 bits per heavy atom. The molecular formula is C12H19FO2. The van der Waals surface area contributed by atoms with E-state index in [2.05, 4.69) is 11.7 Å². The maximum Gasteiger partial charge on any atom is 0.330 e. The van der Waals surface area contributed by atoms with Crippen LogP contribution in [0.5, 0.6) is 0 Å². The summed E-state index contributed by atoms with van der Waals surface area (Å²) in [6.07, 6.45) is 8.43. The Labute approximate surface area is 90.8 Å². The lowest BCUT2D eigenvalue weighted by Crippen LogP contribution is -1.95. The van der Waals surface area contributed by atoms with Gasteiger partial charge >= 0.3 is 5.97 Å². The molecule has 0 aromatic heterocycles. The third-order valence-electron chi connectivity index (χ3n) is 1.95. The molecule has 0 aliphatic rings. The van der Waals surface area contributed by atoms with E-state index in [1.165, 1.54) is 31.4 Å². The Morgan fingerprint density at radius 3 is 2.73 bits per heavy atom. The Bertz CT molecular complexity index is 222. The van der Waals surface area contributed by atoms with Crippen molar-refractivity contribution in [1.82, 2.24) is 0 Å². The molecule has 0 saturated heterocycles. The van der Waals surface area contributed by atoms with Crippen LogP contribution in [0.4, 0.5) is 4.39 Å². The molecule has 0 bridgehead atoms. The molecule has 15 heavy (non-hydrogen) atoms. The van der Waals surface area contributed by atoms with Gasteiger partial charge in [-0.25, -0.2) is 9.18 Å². The predicted molar refractivity (Wildman–Crippen MR) is 59.3 cm³/mol. The highest BCUT2D eigenvalue weighted by Crippen LogP contribution is 2.07. The third kappa shape index (κ3) is 9.19. The average molecular weight is 214 g/mol. The zero-order valence-corrected chi connectivity index (χ0v) is 9.41. The molecule has 0 radical (unpaired) electrons. The summed E-state index contributed by atoms with van der Waals surface area (Å²) in [5, 5.41) is 0. The number of hydrogen-bond acceptors (Lipinski definition) is 2. The van der Waals surface area contributed by atoms with Crippen molar-refractivity contribution in [2.24, 2.45) is 0 Å². The van der Waals surface area contributed by atoms with Crippen LogP contribution in [0, 0.1) is 0 Å². The van der Waals surface area contributed by atoms with Crippen LogP contribution in [0.25, 0.3) is 0 Å². The van der Waals surface area contributed by atoms with Crippen molar-refractivity contribution >= 4 is 5.97 Å². The minimum absolute atomic E-state index is 0.430. The summed E-state index contributed by atoms with van der Waals surface area (Å²) >= 11 is 0. The van der Waals surface area contributed by atoms with Crippen LogP contribution in [-0.4, -0.2) is 19.3 Å². The number of halogens is 1. The van der Waals surface area contributed by atoms with Gasteiger partial charge in [-0.3, -0.25) is 0 Å². The van der Waals surface area contributed by atoms with E-state index < -0.39 is 12.1 Å². The second-order valence-electron chi connectivity index (χ2n) is 3.28. The largest absolute Gasteiger partial charge is 0.466 e. The minimum Gasteiger partial charge on any atom is -0.466 e.